The van der Waals surface area contributed by atoms with Crippen molar-refractivity contribution in [3.05, 3.63) is 18.1 Å². The van der Waals surface area contributed by atoms with Crippen LogP contribution in [0.5, 0.6) is 0 Å². The van der Waals surface area contributed by atoms with E-state index in [0.717, 1.165) is 0 Å². The van der Waals surface area contributed by atoms with Crippen LogP contribution in [-0.4, -0.2) is 42.0 Å². The second-order valence-corrected chi connectivity index (χ2v) is 7.51. The highest BCUT2D eigenvalue weighted by Gasteiger charge is 2.45. The first-order valence-electron chi connectivity index (χ1n) is 6.67. The smallest absolute Gasteiger partial charge is 0.159 e. The topological polar surface area (TPSA) is 86.9 Å². The minimum Gasteiger partial charge on any atom is -0.353 e. The molecule has 1 aromatic heterocycles. The minimum absolute atomic E-state index is 0.135. The lowest BCUT2D eigenvalue weighted by molar-refractivity contribution is 0.457. The van der Waals surface area contributed by atoms with E-state index in [1.165, 1.54) is 12.4 Å². The van der Waals surface area contributed by atoms with E-state index in [9.17, 15) is 8.42 Å². The third kappa shape index (κ3) is 2.36. The van der Waals surface area contributed by atoms with Gasteiger partial charge in [0.05, 0.1) is 22.9 Å². The number of nitriles is 1. The largest absolute Gasteiger partial charge is 0.353 e. The van der Waals surface area contributed by atoms with Gasteiger partial charge in [-0.05, 0) is 12.8 Å². The molecule has 1 aliphatic rings. The molecule has 0 radical (unpaired) electrons. The molecule has 1 aromatic rings. The molecule has 1 saturated heterocycles. The van der Waals surface area contributed by atoms with Crippen LogP contribution in [0, 0.1) is 11.3 Å². The fourth-order valence-corrected chi connectivity index (χ4v) is 4.75. The molecule has 0 unspecified atom stereocenters. The zero-order chi connectivity index (χ0) is 14.8. The molecule has 0 amide bonds. The van der Waals surface area contributed by atoms with Crippen LogP contribution in [0.25, 0.3) is 0 Å². The number of hydrogen-bond acceptors (Lipinski definition) is 6. The molecule has 0 aromatic carbocycles. The van der Waals surface area contributed by atoms with Crippen molar-refractivity contribution in [3.8, 4) is 6.07 Å². The molecule has 0 atom stereocenters. The van der Waals surface area contributed by atoms with Gasteiger partial charge in [0.2, 0.25) is 0 Å². The van der Waals surface area contributed by atoms with E-state index in [1.54, 1.807) is 0 Å². The standard InChI is InChI=1S/C13H18N4O2S/c1-3-13(4-2)10-17(5-6-20(13,18)19)12-9-15-11(7-14)8-16-12/h8-9H,3-6,10H2,1-2H3. The van der Waals surface area contributed by atoms with E-state index in [-0.39, 0.29) is 11.4 Å². The van der Waals surface area contributed by atoms with Gasteiger partial charge in [0.1, 0.15) is 11.9 Å². The average molecular weight is 294 g/mol. The highest BCUT2D eigenvalue weighted by atomic mass is 32.2. The van der Waals surface area contributed by atoms with E-state index in [4.69, 9.17) is 5.26 Å². The van der Waals surface area contributed by atoms with Crippen LogP contribution >= 0.6 is 0 Å². The van der Waals surface area contributed by atoms with Crippen LogP contribution in [0.1, 0.15) is 32.4 Å². The predicted octanol–water partition coefficient (Wildman–Crippen LogP) is 1.14. The fourth-order valence-electron chi connectivity index (χ4n) is 2.62. The number of aromatic nitrogens is 2. The Hall–Kier alpha value is -1.68. The van der Waals surface area contributed by atoms with E-state index in [1.807, 2.05) is 24.8 Å². The molecule has 0 aliphatic carbocycles. The maximum Gasteiger partial charge on any atom is 0.159 e. The Labute approximate surface area is 119 Å². The molecule has 0 N–H and O–H groups in total. The summed E-state index contributed by atoms with van der Waals surface area (Å²) in [5.41, 5.74) is 0.260. The minimum atomic E-state index is -3.08. The maximum atomic E-state index is 12.3. The molecule has 108 valence electrons. The lowest BCUT2D eigenvalue weighted by Crippen LogP contribution is -2.56. The number of nitrogens with zero attached hydrogens (tertiary/aromatic N) is 4. The first-order valence-corrected chi connectivity index (χ1v) is 8.32. The lowest BCUT2D eigenvalue weighted by Gasteiger charge is -2.41. The zero-order valence-electron chi connectivity index (χ0n) is 11.7. The van der Waals surface area contributed by atoms with E-state index in [0.29, 0.717) is 31.7 Å². The molecule has 20 heavy (non-hydrogen) atoms. The summed E-state index contributed by atoms with van der Waals surface area (Å²) in [5.74, 6) is 0.765. The molecule has 0 saturated carbocycles. The number of hydrogen-bond donors (Lipinski definition) is 0. The Kier molecular flexibility index (Phi) is 3.95. The molecule has 6 nitrogen and oxygen atoms in total. The van der Waals surface area contributed by atoms with Crippen LogP contribution in [-0.2, 0) is 9.84 Å². The molecule has 0 spiro atoms. The van der Waals surface area contributed by atoms with Crippen LogP contribution in [0.4, 0.5) is 5.82 Å². The monoisotopic (exact) mass is 294 g/mol. The Balaban J connectivity index is 2.30. The van der Waals surface area contributed by atoms with Crippen molar-refractivity contribution in [2.45, 2.75) is 31.4 Å². The van der Waals surface area contributed by atoms with Gasteiger partial charge < -0.3 is 4.90 Å². The second-order valence-electron chi connectivity index (χ2n) is 5.00. The zero-order valence-corrected chi connectivity index (χ0v) is 12.5. The normalized spacial score (nSPS) is 20.4. The number of anilines is 1. The first kappa shape index (κ1) is 14.7. The van der Waals surface area contributed by atoms with Crippen molar-refractivity contribution < 1.29 is 8.42 Å². The van der Waals surface area contributed by atoms with Gasteiger partial charge in [-0.15, -0.1) is 0 Å². The summed E-state index contributed by atoms with van der Waals surface area (Å²) >= 11 is 0. The van der Waals surface area contributed by atoms with Crippen LogP contribution in [0.15, 0.2) is 12.4 Å². The van der Waals surface area contributed by atoms with Crippen LogP contribution in [0.3, 0.4) is 0 Å². The van der Waals surface area contributed by atoms with Crippen molar-refractivity contribution >= 4 is 15.7 Å². The van der Waals surface area contributed by atoms with Crippen LogP contribution in [0.2, 0.25) is 0 Å². The first-order chi connectivity index (χ1) is 9.48. The van der Waals surface area contributed by atoms with Crippen molar-refractivity contribution in [2.24, 2.45) is 0 Å². The molecular weight excluding hydrogens is 276 g/mol. The van der Waals surface area contributed by atoms with E-state index in [2.05, 4.69) is 9.97 Å². The van der Waals surface area contributed by atoms with Crippen molar-refractivity contribution in [3.63, 3.8) is 0 Å². The quantitative estimate of drug-likeness (QED) is 0.831. The lowest BCUT2D eigenvalue weighted by atomic mass is 10.0. The third-order valence-electron chi connectivity index (χ3n) is 4.13. The molecule has 7 heteroatoms. The van der Waals surface area contributed by atoms with E-state index < -0.39 is 14.6 Å². The Morgan fingerprint density at radius 3 is 2.55 bits per heavy atom. The molecule has 0 bridgehead atoms. The van der Waals surface area contributed by atoms with Gasteiger partial charge in [-0.3, -0.25) is 0 Å². The summed E-state index contributed by atoms with van der Waals surface area (Å²) < 4.78 is 24.0. The van der Waals surface area contributed by atoms with Gasteiger partial charge in [-0.2, -0.15) is 5.26 Å². The number of sulfone groups is 1. The van der Waals surface area contributed by atoms with Crippen molar-refractivity contribution in [1.29, 1.82) is 5.26 Å². The summed E-state index contributed by atoms with van der Waals surface area (Å²) in [4.78, 5) is 10.1. The van der Waals surface area contributed by atoms with Gasteiger partial charge in [0.25, 0.3) is 0 Å². The van der Waals surface area contributed by atoms with Crippen molar-refractivity contribution in [2.75, 3.05) is 23.7 Å². The maximum absolute atomic E-state index is 12.3. The number of rotatable bonds is 3. The summed E-state index contributed by atoms with van der Waals surface area (Å²) in [6, 6.07) is 1.92. The average Bonchev–Trinajstić information content (AvgIpc) is 2.47. The molecule has 2 heterocycles. The summed E-state index contributed by atoms with van der Waals surface area (Å²) in [6.07, 6.45) is 4.13. The molecule has 1 fully saturated rings. The summed E-state index contributed by atoms with van der Waals surface area (Å²) in [6.45, 7) is 4.68. The Morgan fingerprint density at radius 1 is 1.35 bits per heavy atom. The second kappa shape index (κ2) is 5.37. The fraction of sp³-hybridized carbons (Fsp3) is 0.615. The SMILES string of the molecule is CCC1(CC)CN(c2cnc(C#N)cn2)CCS1(=O)=O. The summed E-state index contributed by atoms with van der Waals surface area (Å²) in [7, 11) is -3.08. The molecular formula is C13H18N4O2S. The predicted molar refractivity (Wildman–Crippen MR) is 76.1 cm³/mol. The third-order valence-corrected chi connectivity index (χ3v) is 6.88. The van der Waals surface area contributed by atoms with Gasteiger partial charge >= 0.3 is 0 Å². The molecule has 1 aliphatic heterocycles. The highest BCUT2D eigenvalue weighted by Crippen LogP contribution is 2.32. The van der Waals surface area contributed by atoms with Gasteiger partial charge in [-0.1, -0.05) is 13.8 Å². The Morgan fingerprint density at radius 2 is 2.05 bits per heavy atom. The van der Waals surface area contributed by atoms with Crippen molar-refractivity contribution in [1.82, 2.24) is 9.97 Å². The Bertz CT molecular complexity index is 615. The van der Waals surface area contributed by atoms with Gasteiger partial charge in [0, 0.05) is 13.1 Å². The highest BCUT2D eigenvalue weighted by molar-refractivity contribution is 7.92. The molecule has 2 rings (SSSR count). The van der Waals surface area contributed by atoms with Crippen LogP contribution < -0.4 is 4.90 Å². The van der Waals surface area contributed by atoms with Gasteiger partial charge in [0.15, 0.2) is 15.5 Å². The van der Waals surface area contributed by atoms with Gasteiger partial charge in [-0.25, -0.2) is 18.4 Å². The van der Waals surface area contributed by atoms with E-state index >= 15 is 0 Å². The summed E-state index contributed by atoms with van der Waals surface area (Å²) in [5, 5.41) is 8.72.